The van der Waals surface area contributed by atoms with E-state index in [1.54, 1.807) is 11.3 Å². The number of hydrogen-bond donors (Lipinski definition) is 2. The molecular formula is C16H18N4O2S2. The Bertz CT molecular complexity index is 840. The summed E-state index contributed by atoms with van der Waals surface area (Å²) in [4.78, 5) is 9.13. The van der Waals surface area contributed by atoms with Gasteiger partial charge in [-0.05, 0) is 61.7 Å². The molecule has 8 heteroatoms. The van der Waals surface area contributed by atoms with Gasteiger partial charge in [-0.25, -0.2) is 4.98 Å². The van der Waals surface area contributed by atoms with Gasteiger partial charge in [-0.3, -0.25) is 0 Å². The van der Waals surface area contributed by atoms with Crippen LogP contribution in [0.25, 0.3) is 10.2 Å². The first-order chi connectivity index (χ1) is 11.7. The summed E-state index contributed by atoms with van der Waals surface area (Å²) in [5.41, 5.74) is 1.85. The zero-order valence-corrected chi connectivity index (χ0v) is 14.9. The van der Waals surface area contributed by atoms with Gasteiger partial charge < -0.3 is 15.2 Å². The minimum absolute atomic E-state index is 0.104. The van der Waals surface area contributed by atoms with Crippen LogP contribution in [0.4, 0.5) is 10.9 Å². The molecule has 2 N–H and O–H groups in total. The van der Waals surface area contributed by atoms with E-state index in [-0.39, 0.29) is 12.2 Å². The van der Waals surface area contributed by atoms with E-state index < -0.39 is 0 Å². The van der Waals surface area contributed by atoms with Crippen molar-refractivity contribution in [3.8, 4) is 5.88 Å². The summed E-state index contributed by atoms with van der Waals surface area (Å²) in [5.74, 6) is 1.15. The second-order valence-corrected chi connectivity index (χ2v) is 7.71. The van der Waals surface area contributed by atoms with E-state index in [1.807, 2.05) is 24.4 Å². The van der Waals surface area contributed by atoms with Crippen LogP contribution in [-0.2, 0) is 0 Å². The van der Waals surface area contributed by atoms with E-state index >= 15 is 0 Å². The normalized spacial score (nSPS) is 21.1. The number of rotatable bonds is 4. The van der Waals surface area contributed by atoms with Gasteiger partial charge in [-0.1, -0.05) is 0 Å². The van der Waals surface area contributed by atoms with Crippen molar-refractivity contribution in [3.63, 3.8) is 0 Å². The molecule has 24 heavy (non-hydrogen) atoms. The van der Waals surface area contributed by atoms with Crippen LogP contribution in [0.2, 0.25) is 0 Å². The van der Waals surface area contributed by atoms with Crippen LogP contribution in [0.5, 0.6) is 5.88 Å². The summed E-state index contributed by atoms with van der Waals surface area (Å²) in [6.07, 6.45) is 3.20. The quantitative estimate of drug-likeness (QED) is 0.733. The molecule has 0 unspecified atom stereocenters. The number of anilines is 2. The molecule has 6 nitrogen and oxygen atoms in total. The van der Waals surface area contributed by atoms with Crippen LogP contribution in [0, 0.1) is 6.92 Å². The molecule has 1 saturated carbocycles. The minimum Gasteiger partial charge on any atom is -0.473 e. The molecule has 0 atom stereocenters. The van der Waals surface area contributed by atoms with Gasteiger partial charge in [0.15, 0.2) is 0 Å². The van der Waals surface area contributed by atoms with Crippen LogP contribution in [0.1, 0.15) is 31.4 Å². The summed E-state index contributed by atoms with van der Waals surface area (Å²) in [5, 5.41) is 15.8. The van der Waals surface area contributed by atoms with Crippen molar-refractivity contribution in [1.82, 2.24) is 14.3 Å². The highest BCUT2D eigenvalue weighted by atomic mass is 32.1. The van der Waals surface area contributed by atoms with Gasteiger partial charge in [-0.15, -0.1) is 11.3 Å². The van der Waals surface area contributed by atoms with Crippen LogP contribution in [-0.4, -0.2) is 31.7 Å². The lowest BCUT2D eigenvalue weighted by Crippen LogP contribution is -2.26. The first-order valence-corrected chi connectivity index (χ1v) is 9.63. The van der Waals surface area contributed by atoms with Crippen molar-refractivity contribution >= 4 is 44.0 Å². The Balaban J connectivity index is 1.60. The highest BCUT2D eigenvalue weighted by Crippen LogP contribution is 2.33. The van der Waals surface area contributed by atoms with E-state index in [1.165, 1.54) is 11.5 Å². The fraction of sp³-hybridized carbons (Fsp3) is 0.438. The van der Waals surface area contributed by atoms with Crippen molar-refractivity contribution in [2.45, 2.75) is 44.8 Å². The summed E-state index contributed by atoms with van der Waals surface area (Å²) in [6, 6.07) is 3.94. The second kappa shape index (κ2) is 6.62. The molecule has 0 aromatic carbocycles. The third-order valence-electron chi connectivity index (χ3n) is 4.06. The number of nitrogens with one attached hydrogen (secondary N) is 1. The Hall–Kier alpha value is -1.77. The Morgan fingerprint density at radius 3 is 2.83 bits per heavy atom. The van der Waals surface area contributed by atoms with Gasteiger partial charge in [0, 0.05) is 0 Å². The standard InChI is InChI=1S/C16H18N4O2S2/c1-9-8-13(24-20-9)18-16-17-12-6-7-23-14(12)15(19-16)22-11-4-2-10(21)3-5-11/h6-8,10-11,21H,2-5H2,1H3,(H,17,18,19). The lowest BCUT2D eigenvalue weighted by Gasteiger charge is -2.25. The molecule has 3 aromatic rings. The molecule has 126 valence electrons. The molecule has 0 amide bonds. The average Bonchev–Trinajstić information content (AvgIpc) is 3.19. The van der Waals surface area contributed by atoms with Gasteiger partial charge in [0.1, 0.15) is 15.8 Å². The fourth-order valence-corrected chi connectivity index (χ4v) is 4.24. The van der Waals surface area contributed by atoms with Gasteiger partial charge in [0.25, 0.3) is 0 Å². The van der Waals surface area contributed by atoms with Crippen LogP contribution in [0.15, 0.2) is 17.5 Å². The van der Waals surface area contributed by atoms with Gasteiger partial charge >= 0.3 is 0 Å². The second-order valence-electron chi connectivity index (χ2n) is 5.99. The van der Waals surface area contributed by atoms with E-state index in [0.717, 1.165) is 46.6 Å². The van der Waals surface area contributed by atoms with Crippen molar-refractivity contribution < 1.29 is 9.84 Å². The topological polar surface area (TPSA) is 80.2 Å². The Labute approximate surface area is 147 Å². The van der Waals surface area contributed by atoms with E-state index in [4.69, 9.17) is 4.74 Å². The lowest BCUT2D eigenvalue weighted by atomic mass is 9.95. The molecule has 0 bridgehead atoms. The first kappa shape index (κ1) is 15.7. The number of nitrogens with zero attached hydrogens (tertiary/aromatic N) is 3. The number of hydrogen-bond acceptors (Lipinski definition) is 8. The fourth-order valence-electron chi connectivity index (χ4n) is 2.83. The number of fused-ring (bicyclic) bond motifs is 1. The molecule has 3 heterocycles. The van der Waals surface area contributed by atoms with Crippen molar-refractivity contribution in [2.75, 3.05) is 5.32 Å². The molecule has 0 aliphatic heterocycles. The van der Waals surface area contributed by atoms with Crippen LogP contribution < -0.4 is 10.1 Å². The summed E-state index contributed by atoms with van der Waals surface area (Å²) < 4.78 is 11.4. The number of aromatic nitrogens is 3. The highest BCUT2D eigenvalue weighted by Gasteiger charge is 2.22. The maximum absolute atomic E-state index is 9.65. The summed E-state index contributed by atoms with van der Waals surface area (Å²) in [6.45, 7) is 1.96. The summed E-state index contributed by atoms with van der Waals surface area (Å²) >= 11 is 2.97. The van der Waals surface area contributed by atoms with Gasteiger partial charge in [-0.2, -0.15) is 9.36 Å². The Morgan fingerprint density at radius 1 is 1.25 bits per heavy atom. The average molecular weight is 362 g/mol. The van der Waals surface area contributed by atoms with Crippen molar-refractivity contribution in [1.29, 1.82) is 0 Å². The maximum atomic E-state index is 9.65. The molecule has 0 radical (unpaired) electrons. The molecule has 1 fully saturated rings. The van der Waals surface area contributed by atoms with E-state index in [0.29, 0.717) is 11.8 Å². The van der Waals surface area contributed by atoms with E-state index in [2.05, 4.69) is 19.7 Å². The van der Waals surface area contributed by atoms with Gasteiger partial charge in [0.2, 0.25) is 11.8 Å². The largest absolute Gasteiger partial charge is 0.473 e. The predicted molar refractivity (Wildman–Crippen MR) is 96.4 cm³/mol. The summed E-state index contributed by atoms with van der Waals surface area (Å²) in [7, 11) is 0. The zero-order valence-electron chi connectivity index (χ0n) is 13.2. The molecule has 1 aliphatic carbocycles. The van der Waals surface area contributed by atoms with E-state index in [9.17, 15) is 5.11 Å². The number of thiophene rings is 1. The molecule has 3 aromatic heterocycles. The number of aliphatic hydroxyl groups is 1. The number of aryl methyl sites for hydroxylation is 1. The molecular weight excluding hydrogens is 344 g/mol. The zero-order chi connectivity index (χ0) is 16.5. The lowest BCUT2D eigenvalue weighted by molar-refractivity contribution is 0.0653. The number of aliphatic hydroxyl groups excluding tert-OH is 1. The first-order valence-electron chi connectivity index (χ1n) is 7.97. The van der Waals surface area contributed by atoms with Crippen LogP contribution in [0.3, 0.4) is 0 Å². The molecule has 0 spiro atoms. The Morgan fingerprint density at radius 2 is 2.08 bits per heavy atom. The predicted octanol–water partition coefficient (Wildman–Crippen LogP) is 3.88. The van der Waals surface area contributed by atoms with Gasteiger partial charge in [0.05, 0.1) is 17.3 Å². The number of ether oxygens (including phenoxy) is 1. The highest BCUT2D eigenvalue weighted by molar-refractivity contribution is 7.17. The molecule has 0 saturated heterocycles. The van der Waals surface area contributed by atoms with Crippen molar-refractivity contribution in [3.05, 3.63) is 23.2 Å². The SMILES string of the molecule is Cc1cc(Nc2nc(OC3CCC(O)CC3)c3sccc3n2)sn1. The van der Waals surface area contributed by atoms with Crippen LogP contribution >= 0.6 is 22.9 Å². The smallest absolute Gasteiger partial charge is 0.236 e. The monoisotopic (exact) mass is 362 g/mol. The van der Waals surface area contributed by atoms with Crippen molar-refractivity contribution in [2.24, 2.45) is 0 Å². The third-order valence-corrected chi connectivity index (χ3v) is 5.74. The molecule has 1 aliphatic rings. The third kappa shape index (κ3) is 3.35. The minimum atomic E-state index is -0.191. The molecule has 4 rings (SSSR count). The Kier molecular flexibility index (Phi) is 4.34. The maximum Gasteiger partial charge on any atom is 0.236 e.